The number of ketones is 1. The third kappa shape index (κ3) is 4.39. The predicted octanol–water partition coefficient (Wildman–Crippen LogP) is 1.02. The highest BCUT2D eigenvalue weighted by molar-refractivity contribution is 5.83. The van der Waals surface area contributed by atoms with Crippen molar-refractivity contribution in [2.45, 2.75) is 39.2 Å². The molecule has 0 heterocycles. The summed E-state index contributed by atoms with van der Waals surface area (Å²) in [4.78, 5) is 13.6. The molecular formula is C10H22N2O. The van der Waals surface area contributed by atoms with Gasteiger partial charge in [0, 0.05) is 6.42 Å². The van der Waals surface area contributed by atoms with Gasteiger partial charge in [-0.2, -0.15) is 0 Å². The Morgan fingerprint density at radius 1 is 1.46 bits per heavy atom. The van der Waals surface area contributed by atoms with Gasteiger partial charge in [-0.1, -0.05) is 13.8 Å². The van der Waals surface area contributed by atoms with Crippen molar-refractivity contribution in [1.82, 2.24) is 4.90 Å². The van der Waals surface area contributed by atoms with Crippen molar-refractivity contribution in [2.24, 2.45) is 5.73 Å². The van der Waals surface area contributed by atoms with Gasteiger partial charge in [-0.05, 0) is 33.0 Å². The van der Waals surface area contributed by atoms with Crippen LogP contribution in [0.2, 0.25) is 0 Å². The molecule has 0 aliphatic rings. The minimum atomic E-state index is 0.0820. The fraction of sp³-hybridized carbons (Fsp3) is 0.900. The van der Waals surface area contributed by atoms with E-state index in [0.29, 0.717) is 18.7 Å². The second-order valence-electron chi connectivity index (χ2n) is 3.34. The number of Topliss-reactive ketones (excluding diaryl/α,β-unsaturated/α-hetero) is 1. The Bertz CT molecular complexity index is 148. The van der Waals surface area contributed by atoms with Crippen molar-refractivity contribution in [2.75, 3.05) is 20.1 Å². The average molecular weight is 186 g/mol. The Labute approximate surface area is 81.3 Å². The predicted molar refractivity (Wildman–Crippen MR) is 55.7 cm³/mol. The van der Waals surface area contributed by atoms with Crippen LogP contribution in [0.25, 0.3) is 0 Å². The lowest BCUT2D eigenvalue weighted by Crippen LogP contribution is -2.38. The zero-order valence-corrected chi connectivity index (χ0v) is 9.05. The lowest BCUT2D eigenvalue weighted by molar-refractivity contribution is -0.123. The van der Waals surface area contributed by atoms with Crippen molar-refractivity contribution in [3.05, 3.63) is 0 Å². The highest BCUT2D eigenvalue weighted by atomic mass is 16.1. The molecule has 3 nitrogen and oxygen atoms in total. The SMILES string of the molecule is CCC(=O)[C@@H](CCCN)N(C)CC. The smallest absolute Gasteiger partial charge is 0.149 e. The second kappa shape index (κ2) is 7.04. The number of nitrogens with two attached hydrogens (primary N) is 1. The van der Waals surface area contributed by atoms with Gasteiger partial charge in [-0.15, -0.1) is 0 Å². The molecule has 0 aromatic rings. The first kappa shape index (κ1) is 12.6. The maximum atomic E-state index is 11.5. The molecule has 0 saturated heterocycles. The third-order valence-electron chi connectivity index (χ3n) is 2.43. The lowest BCUT2D eigenvalue weighted by Gasteiger charge is -2.25. The molecule has 3 heteroatoms. The number of carbonyl (C=O) groups excluding carboxylic acids is 1. The molecule has 0 rings (SSSR count). The van der Waals surface area contributed by atoms with Crippen LogP contribution in [-0.4, -0.2) is 36.9 Å². The first-order chi connectivity index (χ1) is 6.17. The van der Waals surface area contributed by atoms with Crippen molar-refractivity contribution in [1.29, 1.82) is 0 Å². The molecule has 0 bridgehead atoms. The first-order valence-corrected chi connectivity index (χ1v) is 5.10. The van der Waals surface area contributed by atoms with Gasteiger partial charge in [-0.25, -0.2) is 0 Å². The molecule has 0 amide bonds. The van der Waals surface area contributed by atoms with Crippen LogP contribution >= 0.6 is 0 Å². The minimum absolute atomic E-state index is 0.0820. The topological polar surface area (TPSA) is 46.3 Å². The van der Waals surface area contributed by atoms with E-state index in [0.717, 1.165) is 19.4 Å². The summed E-state index contributed by atoms with van der Waals surface area (Å²) in [5.74, 6) is 0.331. The molecular weight excluding hydrogens is 164 g/mol. The van der Waals surface area contributed by atoms with Crippen LogP contribution in [0.3, 0.4) is 0 Å². The number of nitrogens with zero attached hydrogens (tertiary/aromatic N) is 1. The van der Waals surface area contributed by atoms with Crippen LogP contribution in [0.15, 0.2) is 0 Å². The molecule has 0 unspecified atom stereocenters. The summed E-state index contributed by atoms with van der Waals surface area (Å²) in [6.45, 7) is 5.58. The molecule has 0 aromatic heterocycles. The van der Waals surface area contributed by atoms with Crippen molar-refractivity contribution >= 4 is 5.78 Å². The molecule has 1 atom stereocenters. The van der Waals surface area contributed by atoms with Gasteiger partial charge in [0.15, 0.2) is 0 Å². The van der Waals surface area contributed by atoms with E-state index in [1.165, 1.54) is 0 Å². The van der Waals surface area contributed by atoms with E-state index in [1.807, 2.05) is 14.0 Å². The summed E-state index contributed by atoms with van der Waals surface area (Å²) >= 11 is 0. The molecule has 78 valence electrons. The zero-order valence-electron chi connectivity index (χ0n) is 9.05. The van der Waals surface area contributed by atoms with Crippen LogP contribution in [0.1, 0.15) is 33.1 Å². The van der Waals surface area contributed by atoms with E-state index < -0.39 is 0 Å². The van der Waals surface area contributed by atoms with Crippen LogP contribution in [0.5, 0.6) is 0 Å². The molecule has 0 radical (unpaired) electrons. The van der Waals surface area contributed by atoms with Gasteiger partial charge in [0.2, 0.25) is 0 Å². The van der Waals surface area contributed by atoms with Crippen LogP contribution in [-0.2, 0) is 4.79 Å². The van der Waals surface area contributed by atoms with E-state index in [1.54, 1.807) is 0 Å². The van der Waals surface area contributed by atoms with Crippen molar-refractivity contribution in [3.63, 3.8) is 0 Å². The second-order valence-corrected chi connectivity index (χ2v) is 3.34. The highest BCUT2D eigenvalue weighted by Gasteiger charge is 2.19. The Kier molecular flexibility index (Phi) is 6.82. The Balaban J connectivity index is 4.09. The summed E-state index contributed by atoms with van der Waals surface area (Å²) < 4.78 is 0. The quantitative estimate of drug-likeness (QED) is 0.646. The van der Waals surface area contributed by atoms with Crippen molar-refractivity contribution in [3.8, 4) is 0 Å². The van der Waals surface area contributed by atoms with E-state index in [9.17, 15) is 4.79 Å². The standard InChI is InChI=1S/C10H22N2O/c1-4-10(13)9(7-6-8-11)12(3)5-2/h9H,4-8,11H2,1-3H3/t9-/m1/s1. The number of rotatable bonds is 7. The van der Waals surface area contributed by atoms with Crippen LogP contribution in [0.4, 0.5) is 0 Å². The zero-order chi connectivity index (χ0) is 10.3. The molecule has 0 aliphatic carbocycles. The molecule has 0 spiro atoms. The Morgan fingerprint density at radius 3 is 2.46 bits per heavy atom. The lowest BCUT2D eigenvalue weighted by atomic mass is 10.0. The van der Waals surface area contributed by atoms with Gasteiger partial charge in [0.25, 0.3) is 0 Å². The van der Waals surface area contributed by atoms with Gasteiger partial charge in [0.05, 0.1) is 6.04 Å². The summed E-state index contributed by atoms with van der Waals surface area (Å²) in [6.07, 6.45) is 2.45. The number of carbonyl (C=O) groups is 1. The number of likely N-dealkylation sites (N-methyl/N-ethyl adjacent to an activating group) is 1. The largest absolute Gasteiger partial charge is 0.330 e. The fourth-order valence-electron chi connectivity index (χ4n) is 1.39. The van der Waals surface area contributed by atoms with E-state index >= 15 is 0 Å². The molecule has 13 heavy (non-hydrogen) atoms. The first-order valence-electron chi connectivity index (χ1n) is 5.10. The number of hydrogen-bond acceptors (Lipinski definition) is 3. The maximum Gasteiger partial charge on any atom is 0.149 e. The third-order valence-corrected chi connectivity index (χ3v) is 2.43. The molecule has 0 saturated carbocycles. The van der Waals surface area contributed by atoms with Gasteiger partial charge in [0.1, 0.15) is 5.78 Å². The van der Waals surface area contributed by atoms with E-state index in [4.69, 9.17) is 5.73 Å². The molecule has 2 N–H and O–H groups in total. The molecule has 0 aliphatic heterocycles. The number of hydrogen-bond donors (Lipinski definition) is 1. The monoisotopic (exact) mass is 186 g/mol. The van der Waals surface area contributed by atoms with Gasteiger partial charge < -0.3 is 5.73 Å². The van der Waals surface area contributed by atoms with E-state index in [-0.39, 0.29) is 6.04 Å². The van der Waals surface area contributed by atoms with Crippen molar-refractivity contribution < 1.29 is 4.79 Å². The summed E-state index contributed by atoms with van der Waals surface area (Å²) in [5, 5.41) is 0. The normalized spacial score (nSPS) is 13.3. The van der Waals surface area contributed by atoms with Gasteiger partial charge >= 0.3 is 0 Å². The summed E-state index contributed by atoms with van der Waals surface area (Å²) in [6, 6.07) is 0.0820. The molecule has 0 fully saturated rings. The highest BCUT2D eigenvalue weighted by Crippen LogP contribution is 2.07. The summed E-state index contributed by atoms with van der Waals surface area (Å²) in [7, 11) is 1.99. The maximum absolute atomic E-state index is 11.5. The Hall–Kier alpha value is -0.410. The van der Waals surface area contributed by atoms with Crippen LogP contribution < -0.4 is 5.73 Å². The minimum Gasteiger partial charge on any atom is -0.330 e. The van der Waals surface area contributed by atoms with E-state index in [2.05, 4.69) is 11.8 Å². The Morgan fingerprint density at radius 2 is 2.08 bits per heavy atom. The molecule has 0 aromatic carbocycles. The van der Waals surface area contributed by atoms with Gasteiger partial charge in [-0.3, -0.25) is 9.69 Å². The average Bonchev–Trinajstić information content (AvgIpc) is 2.17. The van der Waals surface area contributed by atoms with Crippen LogP contribution in [0, 0.1) is 0 Å². The summed E-state index contributed by atoms with van der Waals surface area (Å²) in [5.41, 5.74) is 5.43. The fourth-order valence-corrected chi connectivity index (χ4v) is 1.39.